The van der Waals surface area contributed by atoms with Crippen molar-refractivity contribution in [2.45, 2.75) is 59.0 Å². The third-order valence-electron chi connectivity index (χ3n) is 4.08. The first-order chi connectivity index (χ1) is 8.53. The largest absolute Gasteiger partial charge is 0.296 e. The van der Waals surface area contributed by atoms with Gasteiger partial charge in [0.2, 0.25) is 0 Å². The first-order valence-electron chi connectivity index (χ1n) is 7.03. The van der Waals surface area contributed by atoms with Gasteiger partial charge >= 0.3 is 0 Å². The molecule has 0 spiro atoms. The Balaban J connectivity index is 2.08. The van der Waals surface area contributed by atoms with Crippen LogP contribution in [0, 0.1) is 5.92 Å². The number of tetrazole rings is 1. The summed E-state index contributed by atoms with van der Waals surface area (Å²) in [5.74, 6) is 1.79. The lowest BCUT2D eigenvalue weighted by molar-refractivity contribution is 0.164. The zero-order valence-corrected chi connectivity index (χ0v) is 12.1. The molecule has 18 heavy (non-hydrogen) atoms. The highest BCUT2D eigenvalue weighted by atomic mass is 15.6. The smallest absolute Gasteiger partial charge is 0.165 e. The van der Waals surface area contributed by atoms with Crippen LogP contribution >= 0.6 is 0 Å². The van der Waals surface area contributed by atoms with E-state index in [0.29, 0.717) is 0 Å². The van der Waals surface area contributed by atoms with Gasteiger partial charge in [-0.1, -0.05) is 13.8 Å². The molecule has 0 saturated carbocycles. The van der Waals surface area contributed by atoms with Crippen LogP contribution in [0.3, 0.4) is 0 Å². The Morgan fingerprint density at radius 2 is 2.17 bits per heavy atom. The summed E-state index contributed by atoms with van der Waals surface area (Å²) < 4.78 is 1.99. The first kappa shape index (κ1) is 13.5. The van der Waals surface area contributed by atoms with Gasteiger partial charge in [-0.2, -0.15) is 0 Å². The molecule has 1 aliphatic heterocycles. The Bertz CT molecular complexity index is 384. The Hall–Kier alpha value is -0.970. The minimum Gasteiger partial charge on any atom is -0.296 e. The predicted molar refractivity (Wildman–Crippen MR) is 71.1 cm³/mol. The summed E-state index contributed by atoms with van der Waals surface area (Å²) >= 11 is 0. The minimum atomic E-state index is 0.000234. The third-order valence-corrected chi connectivity index (χ3v) is 4.08. The molecule has 0 unspecified atom stereocenters. The molecule has 1 aromatic rings. The van der Waals surface area contributed by atoms with Gasteiger partial charge in [0.1, 0.15) is 0 Å². The molecule has 0 amide bonds. The Morgan fingerprint density at radius 1 is 1.39 bits per heavy atom. The second-order valence-corrected chi connectivity index (χ2v) is 6.16. The van der Waals surface area contributed by atoms with E-state index in [0.717, 1.165) is 24.7 Å². The van der Waals surface area contributed by atoms with Crippen LogP contribution in [0.4, 0.5) is 0 Å². The second kappa shape index (κ2) is 5.34. The van der Waals surface area contributed by atoms with Crippen LogP contribution in [0.5, 0.6) is 0 Å². The van der Waals surface area contributed by atoms with Crippen molar-refractivity contribution in [1.29, 1.82) is 0 Å². The van der Waals surface area contributed by atoms with Crippen molar-refractivity contribution in [3.8, 4) is 0 Å². The minimum absolute atomic E-state index is 0.000234. The van der Waals surface area contributed by atoms with Crippen LogP contribution in [0.1, 0.15) is 52.8 Å². The van der Waals surface area contributed by atoms with Crippen molar-refractivity contribution in [3.63, 3.8) is 0 Å². The molecule has 5 nitrogen and oxygen atoms in total. The van der Waals surface area contributed by atoms with Crippen molar-refractivity contribution in [2.75, 3.05) is 13.1 Å². The van der Waals surface area contributed by atoms with Gasteiger partial charge < -0.3 is 0 Å². The van der Waals surface area contributed by atoms with Crippen LogP contribution in [0.25, 0.3) is 0 Å². The average molecular weight is 251 g/mol. The fourth-order valence-electron chi connectivity index (χ4n) is 2.55. The molecule has 0 radical (unpaired) electrons. The van der Waals surface area contributed by atoms with Crippen molar-refractivity contribution < 1.29 is 0 Å². The van der Waals surface area contributed by atoms with Gasteiger partial charge in [-0.3, -0.25) is 4.90 Å². The molecule has 5 heteroatoms. The molecule has 1 fully saturated rings. The van der Waals surface area contributed by atoms with E-state index in [4.69, 9.17) is 0 Å². The maximum Gasteiger partial charge on any atom is 0.165 e. The molecule has 0 N–H and O–H groups in total. The van der Waals surface area contributed by atoms with Crippen molar-refractivity contribution in [2.24, 2.45) is 5.92 Å². The number of piperidine rings is 1. The number of nitrogens with zero attached hydrogens (tertiary/aromatic N) is 5. The average Bonchev–Trinajstić information content (AvgIpc) is 2.78. The van der Waals surface area contributed by atoms with Crippen molar-refractivity contribution in [3.05, 3.63) is 5.82 Å². The summed E-state index contributed by atoms with van der Waals surface area (Å²) in [6, 6.07) is 0. The highest BCUT2D eigenvalue weighted by molar-refractivity contribution is 4.89. The van der Waals surface area contributed by atoms with Crippen LogP contribution < -0.4 is 0 Å². The number of rotatable bonds is 4. The van der Waals surface area contributed by atoms with Crippen LogP contribution in [0.15, 0.2) is 0 Å². The lowest BCUT2D eigenvalue weighted by Gasteiger charge is -2.31. The molecule has 0 aromatic carbocycles. The summed E-state index contributed by atoms with van der Waals surface area (Å²) in [4.78, 5) is 2.47. The molecular weight excluding hydrogens is 226 g/mol. The molecule has 1 aromatic heterocycles. The summed E-state index contributed by atoms with van der Waals surface area (Å²) in [6.45, 7) is 12.1. The zero-order chi connectivity index (χ0) is 13.2. The number of hydrogen-bond acceptors (Lipinski definition) is 4. The molecule has 0 aliphatic carbocycles. The SMILES string of the molecule is CCC(C)(C)n1nnnc1CN1CCC[C@@H](C)C1. The topological polar surface area (TPSA) is 46.8 Å². The van der Waals surface area contributed by atoms with Gasteiger partial charge in [-0.25, -0.2) is 4.68 Å². The molecule has 102 valence electrons. The maximum atomic E-state index is 4.21. The maximum absolute atomic E-state index is 4.21. The summed E-state index contributed by atoms with van der Waals surface area (Å²) in [5.41, 5.74) is 0.000234. The monoisotopic (exact) mass is 251 g/mol. The van der Waals surface area contributed by atoms with E-state index < -0.39 is 0 Å². The normalized spacial score (nSPS) is 22.3. The van der Waals surface area contributed by atoms with E-state index in [1.165, 1.54) is 25.9 Å². The van der Waals surface area contributed by atoms with E-state index in [1.54, 1.807) is 0 Å². The molecule has 1 aliphatic rings. The summed E-state index contributed by atoms with van der Waals surface area (Å²) in [5, 5.41) is 12.2. The zero-order valence-electron chi connectivity index (χ0n) is 12.1. The van der Waals surface area contributed by atoms with E-state index in [1.807, 2.05) is 4.68 Å². The fourth-order valence-corrected chi connectivity index (χ4v) is 2.55. The van der Waals surface area contributed by atoms with E-state index in [-0.39, 0.29) is 5.54 Å². The molecule has 2 rings (SSSR count). The van der Waals surface area contributed by atoms with Gasteiger partial charge in [0.25, 0.3) is 0 Å². The van der Waals surface area contributed by atoms with E-state index in [9.17, 15) is 0 Å². The van der Waals surface area contributed by atoms with E-state index >= 15 is 0 Å². The van der Waals surface area contributed by atoms with E-state index in [2.05, 4.69) is 48.1 Å². The molecule has 1 atom stereocenters. The lowest BCUT2D eigenvalue weighted by Crippen LogP contribution is -2.36. The third kappa shape index (κ3) is 2.88. The lowest BCUT2D eigenvalue weighted by atomic mass is 10.00. The summed E-state index contributed by atoms with van der Waals surface area (Å²) in [6.07, 6.45) is 3.67. The van der Waals surface area contributed by atoms with Gasteiger partial charge in [0, 0.05) is 6.54 Å². The second-order valence-electron chi connectivity index (χ2n) is 6.16. The Morgan fingerprint density at radius 3 is 2.83 bits per heavy atom. The number of likely N-dealkylation sites (tertiary alicyclic amines) is 1. The van der Waals surface area contributed by atoms with Crippen LogP contribution in [-0.2, 0) is 12.1 Å². The van der Waals surface area contributed by atoms with Gasteiger partial charge in [0.05, 0.1) is 12.1 Å². The number of aromatic nitrogens is 4. The van der Waals surface area contributed by atoms with Crippen molar-refractivity contribution in [1.82, 2.24) is 25.1 Å². The standard InChI is InChI=1S/C13H25N5/c1-5-13(3,4)18-12(14-15-16-18)10-17-8-6-7-11(2)9-17/h11H,5-10H2,1-4H3/t11-/m1/s1. The van der Waals surface area contributed by atoms with Crippen LogP contribution in [-0.4, -0.2) is 38.2 Å². The number of hydrogen-bond donors (Lipinski definition) is 0. The first-order valence-corrected chi connectivity index (χ1v) is 7.03. The van der Waals surface area contributed by atoms with Crippen LogP contribution in [0.2, 0.25) is 0 Å². The summed E-state index contributed by atoms with van der Waals surface area (Å²) in [7, 11) is 0. The highest BCUT2D eigenvalue weighted by Gasteiger charge is 2.25. The predicted octanol–water partition coefficient (Wildman–Crippen LogP) is 2.05. The quantitative estimate of drug-likeness (QED) is 0.821. The molecule has 2 heterocycles. The van der Waals surface area contributed by atoms with Gasteiger partial charge in [-0.05, 0) is 56.0 Å². The Kier molecular flexibility index (Phi) is 4.00. The highest BCUT2D eigenvalue weighted by Crippen LogP contribution is 2.21. The van der Waals surface area contributed by atoms with Gasteiger partial charge in [0.15, 0.2) is 5.82 Å². The molecule has 0 bridgehead atoms. The molecule has 1 saturated heterocycles. The fraction of sp³-hybridized carbons (Fsp3) is 0.923. The molecular formula is C13H25N5. The van der Waals surface area contributed by atoms with Gasteiger partial charge in [-0.15, -0.1) is 5.10 Å². The van der Waals surface area contributed by atoms with Crippen molar-refractivity contribution >= 4 is 0 Å². The Labute approximate surface area is 110 Å².